The number of carbonyl (C=O) groups is 1. The number of nitrogens with one attached hydrogen (secondary N) is 1. The van der Waals surface area contributed by atoms with Crippen LogP contribution in [0.4, 0.5) is 5.69 Å². The largest absolute Gasteiger partial charge is 0.484 e. The second kappa shape index (κ2) is 7.64. The molecule has 23 heavy (non-hydrogen) atoms. The molecule has 1 amide bonds. The van der Waals surface area contributed by atoms with Crippen LogP contribution >= 0.6 is 15.9 Å². The van der Waals surface area contributed by atoms with Crippen molar-refractivity contribution >= 4 is 27.5 Å². The molecule has 0 aliphatic rings. The minimum atomic E-state index is -0.156. The van der Waals surface area contributed by atoms with Crippen molar-refractivity contribution in [3.05, 3.63) is 57.6 Å². The second-order valence-corrected chi connectivity index (χ2v) is 6.74. The van der Waals surface area contributed by atoms with Crippen molar-refractivity contribution < 1.29 is 9.53 Å². The number of rotatable bonds is 5. The first-order valence-electron chi connectivity index (χ1n) is 7.66. The molecule has 0 radical (unpaired) electrons. The molecule has 0 fully saturated rings. The Morgan fingerprint density at radius 1 is 1.17 bits per heavy atom. The normalized spacial score (nSPS) is 10.7. The predicted octanol–water partition coefficient (Wildman–Crippen LogP) is 5.21. The zero-order valence-corrected chi connectivity index (χ0v) is 15.5. The summed E-state index contributed by atoms with van der Waals surface area (Å²) in [4.78, 5) is 12.2. The van der Waals surface area contributed by atoms with Gasteiger partial charge in [-0.15, -0.1) is 0 Å². The minimum Gasteiger partial charge on any atom is -0.484 e. The van der Waals surface area contributed by atoms with E-state index in [1.165, 1.54) is 0 Å². The van der Waals surface area contributed by atoms with Crippen LogP contribution in [-0.4, -0.2) is 12.5 Å². The van der Waals surface area contributed by atoms with E-state index in [0.717, 1.165) is 26.9 Å². The third-order valence-electron chi connectivity index (χ3n) is 3.64. The van der Waals surface area contributed by atoms with Crippen molar-refractivity contribution in [3.8, 4) is 5.75 Å². The van der Waals surface area contributed by atoms with E-state index in [1.54, 1.807) is 0 Å². The molecular formula is C19H22BrNO2. The van der Waals surface area contributed by atoms with E-state index in [0.29, 0.717) is 11.7 Å². The molecule has 2 rings (SSSR count). The molecule has 0 atom stereocenters. The Kier molecular flexibility index (Phi) is 5.83. The molecule has 3 nitrogen and oxygen atoms in total. The van der Waals surface area contributed by atoms with Gasteiger partial charge in [0.15, 0.2) is 6.61 Å². The molecule has 0 heterocycles. The highest BCUT2D eigenvalue weighted by atomic mass is 79.9. The van der Waals surface area contributed by atoms with Gasteiger partial charge in [-0.3, -0.25) is 4.79 Å². The number of aryl methyl sites for hydroxylation is 2. The first kappa shape index (κ1) is 17.5. The van der Waals surface area contributed by atoms with Gasteiger partial charge in [-0.05, 0) is 54.7 Å². The molecule has 0 aliphatic heterocycles. The summed E-state index contributed by atoms with van der Waals surface area (Å²) in [7, 11) is 0. The van der Waals surface area contributed by atoms with Gasteiger partial charge in [-0.2, -0.15) is 0 Å². The zero-order valence-electron chi connectivity index (χ0n) is 13.9. The molecule has 0 aliphatic carbocycles. The summed E-state index contributed by atoms with van der Waals surface area (Å²) in [5, 5.41) is 2.93. The Morgan fingerprint density at radius 2 is 1.78 bits per heavy atom. The lowest BCUT2D eigenvalue weighted by molar-refractivity contribution is -0.118. The maximum absolute atomic E-state index is 12.2. The highest BCUT2D eigenvalue weighted by molar-refractivity contribution is 9.10. The van der Waals surface area contributed by atoms with E-state index in [9.17, 15) is 4.79 Å². The van der Waals surface area contributed by atoms with Gasteiger partial charge < -0.3 is 10.1 Å². The van der Waals surface area contributed by atoms with Crippen molar-refractivity contribution in [1.82, 2.24) is 0 Å². The lowest BCUT2D eigenvalue weighted by Gasteiger charge is -2.14. The number of para-hydroxylation sites is 1. The topological polar surface area (TPSA) is 38.3 Å². The van der Waals surface area contributed by atoms with Crippen LogP contribution in [-0.2, 0) is 4.79 Å². The Morgan fingerprint density at radius 3 is 2.39 bits per heavy atom. The van der Waals surface area contributed by atoms with Crippen molar-refractivity contribution in [2.45, 2.75) is 33.6 Å². The fourth-order valence-corrected chi connectivity index (χ4v) is 2.67. The van der Waals surface area contributed by atoms with Crippen LogP contribution in [0.25, 0.3) is 0 Å². The number of hydrogen-bond acceptors (Lipinski definition) is 2. The Labute approximate surface area is 146 Å². The maximum Gasteiger partial charge on any atom is 0.262 e. The number of benzene rings is 2. The minimum absolute atomic E-state index is 0.00700. The van der Waals surface area contributed by atoms with Crippen LogP contribution in [0, 0.1) is 13.8 Å². The molecule has 0 saturated heterocycles. The number of halogens is 1. The summed E-state index contributed by atoms with van der Waals surface area (Å²) in [5.74, 6) is 0.899. The van der Waals surface area contributed by atoms with Gasteiger partial charge in [0.1, 0.15) is 5.75 Å². The fraction of sp³-hybridized carbons (Fsp3) is 0.316. The smallest absolute Gasteiger partial charge is 0.262 e. The van der Waals surface area contributed by atoms with Crippen LogP contribution in [0.5, 0.6) is 5.75 Å². The van der Waals surface area contributed by atoms with E-state index >= 15 is 0 Å². The summed E-state index contributed by atoms with van der Waals surface area (Å²) in [6.45, 7) is 8.21. The van der Waals surface area contributed by atoms with E-state index in [2.05, 4.69) is 35.1 Å². The zero-order chi connectivity index (χ0) is 17.0. The van der Waals surface area contributed by atoms with E-state index < -0.39 is 0 Å². The number of carbonyl (C=O) groups excluding carboxylic acids is 1. The molecule has 0 aromatic heterocycles. The lowest BCUT2D eigenvalue weighted by Crippen LogP contribution is -2.21. The van der Waals surface area contributed by atoms with Crippen molar-refractivity contribution in [2.75, 3.05) is 11.9 Å². The van der Waals surface area contributed by atoms with Gasteiger partial charge in [-0.1, -0.05) is 48.0 Å². The van der Waals surface area contributed by atoms with E-state index in [1.807, 2.05) is 50.2 Å². The van der Waals surface area contributed by atoms with Crippen molar-refractivity contribution in [3.63, 3.8) is 0 Å². The van der Waals surface area contributed by atoms with Crippen molar-refractivity contribution in [2.24, 2.45) is 0 Å². The third-order valence-corrected chi connectivity index (χ3v) is 4.89. The summed E-state index contributed by atoms with van der Waals surface area (Å²) >= 11 is 3.52. The number of ether oxygens (including phenoxy) is 1. The summed E-state index contributed by atoms with van der Waals surface area (Å²) in [6, 6.07) is 11.7. The average molecular weight is 376 g/mol. The monoisotopic (exact) mass is 375 g/mol. The molecule has 122 valence electrons. The van der Waals surface area contributed by atoms with Gasteiger partial charge in [0.2, 0.25) is 0 Å². The first-order valence-corrected chi connectivity index (χ1v) is 8.46. The highest BCUT2D eigenvalue weighted by Crippen LogP contribution is 2.26. The molecule has 4 heteroatoms. The maximum atomic E-state index is 12.2. The standard InChI is InChI=1S/C19H22BrNO2/c1-12(2)16-7-5-6-8-17(16)21-18(22)11-23-15-9-13(3)19(20)14(4)10-15/h5-10,12H,11H2,1-4H3,(H,21,22). The molecule has 2 aromatic rings. The second-order valence-electron chi connectivity index (χ2n) is 5.95. The molecule has 0 saturated carbocycles. The lowest BCUT2D eigenvalue weighted by atomic mass is 10.0. The van der Waals surface area contributed by atoms with E-state index in [-0.39, 0.29) is 12.5 Å². The molecule has 0 unspecified atom stereocenters. The quantitative estimate of drug-likeness (QED) is 0.778. The number of anilines is 1. The third kappa shape index (κ3) is 4.58. The average Bonchev–Trinajstić information content (AvgIpc) is 2.50. The van der Waals surface area contributed by atoms with Gasteiger partial charge >= 0.3 is 0 Å². The number of hydrogen-bond donors (Lipinski definition) is 1. The van der Waals surface area contributed by atoms with Crippen LogP contribution in [0.15, 0.2) is 40.9 Å². The number of amides is 1. The van der Waals surface area contributed by atoms with Crippen molar-refractivity contribution in [1.29, 1.82) is 0 Å². The predicted molar refractivity (Wildman–Crippen MR) is 98.3 cm³/mol. The van der Waals surface area contributed by atoms with Crippen LogP contribution < -0.4 is 10.1 Å². The van der Waals surface area contributed by atoms with Gasteiger partial charge in [-0.25, -0.2) is 0 Å². The van der Waals surface area contributed by atoms with Crippen LogP contribution in [0.2, 0.25) is 0 Å². The summed E-state index contributed by atoms with van der Waals surface area (Å²) in [6.07, 6.45) is 0. The Balaban J connectivity index is 2.01. The molecule has 2 aromatic carbocycles. The van der Waals surface area contributed by atoms with Gasteiger partial charge in [0.25, 0.3) is 5.91 Å². The highest BCUT2D eigenvalue weighted by Gasteiger charge is 2.10. The van der Waals surface area contributed by atoms with E-state index in [4.69, 9.17) is 4.74 Å². The molecule has 0 bridgehead atoms. The summed E-state index contributed by atoms with van der Waals surface area (Å²) < 4.78 is 6.69. The molecular weight excluding hydrogens is 354 g/mol. The SMILES string of the molecule is Cc1cc(OCC(=O)Nc2ccccc2C(C)C)cc(C)c1Br. The van der Waals surface area contributed by atoms with Crippen LogP contribution in [0.3, 0.4) is 0 Å². The Bertz CT molecular complexity index is 687. The molecule has 1 N–H and O–H groups in total. The summed E-state index contributed by atoms with van der Waals surface area (Å²) in [5.41, 5.74) is 4.14. The fourth-order valence-electron chi connectivity index (χ4n) is 2.44. The van der Waals surface area contributed by atoms with Gasteiger partial charge in [0.05, 0.1) is 0 Å². The van der Waals surface area contributed by atoms with Crippen LogP contribution in [0.1, 0.15) is 36.5 Å². The molecule has 0 spiro atoms. The van der Waals surface area contributed by atoms with Gasteiger partial charge in [0, 0.05) is 10.2 Å². The first-order chi connectivity index (χ1) is 10.9. The Hall–Kier alpha value is -1.81.